The number of piperazine rings is 1. The molecule has 1 fully saturated rings. The van der Waals surface area contributed by atoms with E-state index in [9.17, 15) is 9.59 Å². The van der Waals surface area contributed by atoms with Crippen molar-refractivity contribution in [1.82, 2.24) is 10.2 Å². The highest BCUT2D eigenvalue weighted by Gasteiger charge is 2.48. The second-order valence-corrected chi connectivity index (χ2v) is 7.19. The van der Waals surface area contributed by atoms with Gasteiger partial charge in [0.25, 0.3) is 0 Å². The Morgan fingerprint density at radius 1 is 1.15 bits per heavy atom. The molecule has 2 amide bonds. The van der Waals surface area contributed by atoms with E-state index >= 15 is 0 Å². The predicted molar refractivity (Wildman–Crippen MR) is 81.2 cm³/mol. The Morgan fingerprint density at radius 2 is 1.70 bits per heavy atom. The molecule has 0 aromatic rings. The Balaban J connectivity index is 3.21. The number of carbonyl (C=O) groups excluding carboxylic acids is 2. The van der Waals surface area contributed by atoms with Crippen LogP contribution in [0, 0.1) is 11.8 Å². The maximum Gasteiger partial charge on any atom is 0.246 e. The Labute approximate surface area is 123 Å². The molecule has 2 atom stereocenters. The van der Waals surface area contributed by atoms with Gasteiger partial charge in [-0.3, -0.25) is 9.59 Å². The normalized spacial score (nSPS) is 24.6. The Bertz CT molecular complexity index is 375. The van der Waals surface area contributed by atoms with Gasteiger partial charge >= 0.3 is 0 Å². The van der Waals surface area contributed by atoms with E-state index in [0.717, 1.165) is 12.8 Å². The maximum atomic E-state index is 12.9. The first-order valence-electron chi connectivity index (χ1n) is 7.77. The zero-order chi connectivity index (χ0) is 15.7. The second-order valence-electron chi connectivity index (χ2n) is 7.19. The molecule has 1 heterocycles. The van der Waals surface area contributed by atoms with E-state index in [2.05, 4.69) is 26.1 Å². The van der Waals surface area contributed by atoms with Crippen molar-refractivity contribution in [3.63, 3.8) is 0 Å². The Kier molecular flexibility index (Phi) is 5.22. The van der Waals surface area contributed by atoms with Crippen molar-refractivity contribution in [2.75, 3.05) is 0 Å². The van der Waals surface area contributed by atoms with Crippen molar-refractivity contribution in [2.45, 2.75) is 78.9 Å². The van der Waals surface area contributed by atoms with Crippen LogP contribution >= 0.6 is 0 Å². The quantitative estimate of drug-likeness (QED) is 0.842. The zero-order valence-corrected chi connectivity index (χ0v) is 14.0. The van der Waals surface area contributed by atoms with Gasteiger partial charge in [0.15, 0.2) is 0 Å². The zero-order valence-electron chi connectivity index (χ0n) is 14.0. The molecule has 4 heteroatoms. The van der Waals surface area contributed by atoms with Gasteiger partial charge in [0.05, 0.1) is 0 Å². The van der Waals surface area contributed by atoms with Crippen molar-refractivity contribution in [1.29, 1.82) is 0 Å². The highest BCUT2D eigenvalue weighted by Crippen LogP contribution is 2.31. The summed E-state index contributed by atoms with van der Waals surface area (Å²) in [4.78, 5) is 27.2. The summed E-state index contributed by atoms with van der Waals surface area (Å²) in [5, 5.41) is 2.91. The predicted octanol–water partition coefficient (Wildman–Crippen LogP) is 2.57. The minimum Gasteiger partial charge on any atom is -0.342 e. The van der Waals surface area contributed by atoms with Crippen LogP contribution in [0.1, 0.15) is 61.3 Å². The standard InChI is InChI=1S/C16H30N2O2/c1-8-9-16(6,7)18-13(11(4)5)14(19)17-12(10(2)3)15(18)20/h10-13H,8-9H2,1-7H3,(H,17,19). The summed E-state index contributed by atoms with van der Waals surface area (Å²) >= 11 is 0. The van der Waals surface area contributed by atoms with Crippen molar-refractivity contribution in [2.24, 2.45) is 11.8 Å². The number of nitrogens with zero attached hydrogens (tertiary/aromatic N) is 1. The first-order chi connectivity index (χ1) is 9.13. The average molecular weight is 282 g/mol. The minimum absolute atomic E-state index is 0.0116. The maximum absolute atomic E-state index is 12.9. The van der Waals surface area contributed by atoms with Gasteiger partial charge in [0.1, 0.15) is 12.1 Å². The second kappa shape index (κ2) is 6.15. The van der Waals surface area contributed by atoms with Gasteiger partial charge in [-0.25, -0.2) is 0 Å². The third-order valence-corrected chi connectivity index (χ3v) is 4.16. The Hall–Kier alpha value is -1.06. The lowest BCUT2D eigenvalue weighted by atomic mass is 9.85. The van der Waals surface area contributed by atoms with Crippen LogP contribution in [0.25, 0.3) is 0 Å². The summed E-state index contributed by atoms with van der Waals surface area (Å²) in [5.74, 6) is 0.280. The van der Waals surface area contributed by atoms with Crippen LogP contribution < -0.4 is 5.32 Å². The van der Waals surface area contributed by atoms with E-state index in [4.69, 9.17) is 0 Å². The number of amides is 2. The van der Waals surface area contributed by atoms with Crippen LogP contribution in [0.2, 0.25) is 0 Å². The lowest BCUT2D eigenvalue weighted by Gasteiger charge is -2.50. The smallest absolute Gasteiger partial charge is 0.246 e. The number of nitrogens with one attached hydrogen (secondary N) is 1. The Morgan fingerprint density at radius 3 is 2.10 bits per heavy atom. The largest absolute Gasteiger partial charge is 0.342 e. The van der Waals surface area contributed by atoms with E-state index < -0.39 is 6.04 Å². The van der Waals surface area contributed by atoms with E-state index in [-0.39, 0.29) is 35.2 Å². The summed E-state index contributed by atoms with van der Waals surface area (Å²) in [7, 11) is 0. The molecule has 1 rings (SSSR count). The third kappa shape index (κ3) is 3.15. The molecule has 2 unspecified atom stereocenters. The third-order valence-electron chi connectivity index (χ3n) is 4.16. The van der Waals surface area contributed by atoms with Crippen LogP contribution in [-0.4, -0.2) is 34.3 Å². The van der Waals surface area contributed by atoms with Crippen molar-refractivity contribution in [3.05, 3.63) is 0 Å². The molecular formula is C16H30N2O2. The van der Waals surface area contributed by atoms with Crippen LogP contribution in [0.15, 0.2) is 0 Å². The van der Waals surface area contributed by atoms with Gasteiger partial charge in [-0.15, -0.1) is 0 Å². The van der Waals surface area contributed by atoms with Crippen LogP contribution in [0.5, 0.6) is 0 Å². The molecule has 0 radical (unpaired) electrons. The van der Waals surface area contributed by atoms with Crippen LogP contribution in [0.3, 0.4) is 0 Å². The van der Waals surface area contributed by atoms with E-state index in [1.165, 1.54) is 0 Å². The number of carbonyl (C=O) groups is 2. The van der Waals surface area contributed by atoms with Crippen molar-refractivity contribution in [3.8, 4) is 0 Å². The van der Waals surface area contributed by atoms with Crippen LogP contribution in [-0.2, 0) is 9.59 Å². The molecule has 0 aromatic heterocycles. The molecule has 0 saturated carbocycles. The summed E-state index contributed by atoms with van der Waals surface area (Å²) in [6, 6.07) is -0.757. The van der Waals surface area contributed by atoms with E-state index in [0.29, 0.717) is 0 Å². The van der Waals surface area contributed by atoms with Gasteiger partial charge < -0.3 is 10.2 Å². The van der Waals surface area contributed by atoms with Gasteiger partial charge in [-0.05, 0) is 32.1 Å². The fraction of sp³-hybridized carbons (Fsp3) is 0.875. The highest BCUT2D eigenvalue weighted by atomic mass is 16.2. The molecule has 116 valence electrons. The topological polar surface area (TPSA) is 49.4 Å². The van der Waals surface area contributed by atoms with Gasteiger partial charge in [0.2, 0.25) is 11.8 Å². The molecule has 0 aliphatic carbocycles. The summed E-state index contributed by atoms with van der Waals surface area (Å²) in [6.07, 6.45) is 1.90. The SMILES string of the molecule is CCCC(C)(C)N1C(=O)C(C(C)C)NC(=O)C1C(C)C. The molecule has 1 saturated heterocycles. The van der Waals surface area contributed by atoms with Crippen molar-refractivity contribution >= 4 is 11.8 Å². The van der Waals surface area contributed by atoms with Crippen molar-refractivity contribution < 1.29 is 9.59 Å². The van der Waals surface area contributed by atoms with Crippen LogP contribution in [0.4, 0.5) is 0 Å². The van der Waals surface area contributed by atoms with Gasteiger partial charge in [0, 0.05) is 5.54 Å². The summed E-state index contributed by atoms with van der Waals surface area (Å²) in [5.41, 5.74) is -0.286. The molecule has 1 aliphatic heterocycles. The first kappa shape index (κ1) is 17.0. The molecule has 0 spiro atoms. The van der Waals surface area contributed by atoms with E-state index in [1.54, 1.807) is 0 Å². The minimum atomic E-state index is -0.395. The highest BCUT2D eigenvalue weighted by molar-refractivity contribution is 5.97. The molecular weight excluding hydrogens is 252 g/mol. The molecule has 1 aliphatic rings. The molecule has 4 nitrogen and oxygen atoms in total. The molecule has 0 aromatic carbocycles. The van der Waals surface area contributed by atoms with E-state index in [1.807, 2.05) is 32.6 Å². The first-order valence-corrected chi connectivity index (χ1v) is 7.77. The molecule has 1 N–H and O–H groups in total. The molecule has 20 heavy (non-hydrogen) atoms. The fourth-order valence-electron chi connectivity index (χ4n) is 3.16. The lowest BCUT2D eigenvalue weighted by Crippen LogP contribution is -2.70. The fourth-order valence-corrected chi connectivity index (χ4v) is 3.16. The van der Waals surface area contributed by atoms with Gasteiger partial charge in [-0.1, -0.05) is 41.0 Å². The summed E-state index contributed by atoms with van der Waals surface area (Å²) < 4.78 is 0. The lowest BCUT2D eigenvalue weighted by molar-refractivity contribution is -0.159. The number of rotatable bonds is 5. The average Bonchev–Trinajstić information content (AvgIpc) is 2.29. The van der Waals surface area contributed by atoms with Gasteiger partial charge in [-0.2, -0.15) is 0 Å². The molecule has 0 bridgehead atoms. The monoisotopic (exact) mass is 282 g/mol. The number of hydrogen-bond donors (Lipinski definition) is 1. The summed E-state index contributed by atoms with van der Waals surface area (Å²) in [6.45, 7) is 14.2. The number of hydrogen-bond acceptors (Lipinski definition) is 2.